The van der Waals surface area contributed by atoms with E-state index in [0.717, 1.165) is 19.3 Å². The molecule has 166 valence electrons. The Bertz CT molecular complexity index is 517. The van der Waals surface area contributed by atoms with E-state index in [0.29, 0.717) is 6.42 Å². The van der Waals surface area contributed by atoms with Gasteiger partial charge in [-0.2, -0.15) is 8.42 Å². The fourth-order valence-corrected chi connectivity index (χ4v) is 3.70. The number of hydrogen-bond donors (Lipinski definition) is 2. The Balaban J connectivity index is 3.56. The molecule has 0 amide bonds. The molecule has 0 radical (unpaired) electrons. The van der Waals surface area contributed by atoms with Gasteiger partial charge in [-0.1, -0.05) is 90.4 Å². The van der Waals surface area contributed by atoms with E-state index in [2.05, 4.69) is 6.92 Å². The highest BCUT2D eigenvalue weighted by atomic mass is 32.2. The Labute approximate surface area is 170 Å². The Kier molecular flexibility index (Phi) is 16.1. The summed E-state index contributed by atoms with van der Waals surface area (Å²) < 4.78 is 35.8. The highest BCUT2D eigenvalue weighted by molar-refractivity contribution is 7.87. The fraction of sp³-hybridized carbons (Fsp3) is 0.900. The molecular formula is C20H38O7S. The van der Waals surface area contributed by atoms with E-state index in [-0.39, 0.29) is 6.61 Å². The smallest absolute Gasteiger partial charge is 0.327 e. The minimum Gasteiger partial charge on any atom is -0.481 e. The second kappa shape index (κ2) is 16.8. The summed E-state index contributed by atoms with van der Waals surface area (Å²) in [5, 5.41) is 6.56. The van der Waals surface area contributed by atoms with Gasteiger partial charge >= 0.3 is 11.9 Å². The van der Waals surface area contributed by atoms with Gasteiger partial charge in [0.2, 0.25) is 0 Å². The van der Waals surface area contributed by atoms with Crippen LogP contribution in [-0.2, 0) is 24.4 Å². The van der Waals surface area contributed by atoms with Crippen LogP contribution in [0.5, 0.6) is 0 Å². The van der Waals surface area contributed by atoms with Crippen molar-refractivity contribution >= 4 is 22.1 Å². The summed E-state index contributed by atoms with van der Waals surface area (Å²) in [5.41, 5.74) is 0. The zero-order valence-corrected chi connectivity index (χ0v) is 18.1. The first-order valence-corrected chi connectivity index (χ1v) is 12.1. The van der Waals surface area contributed by atoms with Gasteiger partial charge in [-0.25, -0.2) is 0 Å². The molecule has 7 nitrogen and oxygen atoms in total. The molecule has 0 heterocycles. The van der Waals surface area contributed by atoms with Crippen molar-refractivity contribution in [2.75, 3.05) is 6.61 Å². The largest absolute Gasteiger partial charge is 0.481 e. The third-order valence-corrected chi connectivity index (χ3v) is 5.80. The summed E-state index contributed by atoms with van der Waals surface area (Å²) in [5.74, 6) is -2.70. The molecule has 0 aromatic carbocycles. The second-order valence-corrected chi connectivity index (χ2v) is 8.96. The van der Waals surface area contributed by atoms with Crippen molar-refractivity contribution in [1.29, 1.82) is 0 Å². The summed E-state index contributed by atoms with van der Waals surface area (Å²) in [6, 6.07) is 0. The molecule has 0 saturated carbocycles. The maximum atomic E-state index is 11.6. The quantitative estimate of drug-likeness (QED) is 0.175. The van der Waals surface area contributed by atoms with Crippen molar-refractivity contribution in [3.05, 3.63) is 0 Å². The van der Waals surface area contributed by atoms with Crippen LogP contribution in [0.2, 0.25) is 0 Å². The van der Waals surface area contributed by atoms with Gasteiger partial charge in [0.1, 0.15) is 0 Å². The van der Waals surface area contributed by atoms with Crippen molar-refractivity contribution in [3.8, 4) is 0 Å². The van der Waals surface area contributed by atoms with Crippen LogP contribution >= 0.6 is 0 Å². The molecule has 1 atom stereocenters. The van der Waals surface area contributed by atoms with Gasteiger partial charge in [0.15, 0.2) is 5.25 Å². The molecule has 0 aromatic heterocycles. The number of carbonyl (C=O) groups is 2. The Hall–Kier alpha value is -1.15. The number of carboxylic acids is 1. The van der Waals surface area contributed by atoms with Crippen LogP contribution in [-0.4, -0.2) is 41.9 Å². The summed E-state index contributed by atoms with van der Waals surface area (Å²) in [6.07, 6.45) is 15.7. The molecule has 0 saturated heterocycles. The molecule has 0 rings (SSSR count). The average Bonchev–Trinajstić information content (AvgIpc) is 2.61. The normalized spacial score (nSPS) is 12.6. The van der Waals surface area contributed by atoms with Crippen molar-refractivity contribution < 1.29 is 32.4 Å². The Morgan fingerprint density at radius 3 is 1.54 bits per heavy atom. The van der Waals surface area contributed by atoms with E-state index in [4.69, 9.17) is 14.4 Å². The molecule has 8 heteroatoms. The van der Waals surface area contributed by atoms with Crippen LogP contribution in [0.4, 0.5) is 0 Å². The van der Waals surface area contributed by atoms with Crippen LogP contribution in [0.1, 0.15) is 103 Å². The molecule has 28 heavy (non-hydrogen) atoms. The molecular weight excluding hydrogens is 384 g/mol. The van der Waals surface area contributed by atoms with E-state index in [9.17, 15) is 18.0 Å². The SMILES string of the molecule is CCCCCCCCCCCCCCCCOC(=O)C(CC(=O)O)S(=O)(=O)O. The topological polar surface area (TPSA) is 118 Å². The van der Waals surface area contributed by atoms with Crippen LogP contribution in [0.3, 0.4) is 0 Å². The fourth-order valence-electron chi connectivity index (χ4n) is 3.03. The predicted molar refractivity (Wildman–Crippen MR) is 109 cm³/mol. The highest BCUT2D eigenvalue weighted by Gasteiger charge is 2.34. The standard InChI is InChI=1S/C20H38O7S/c1-2-3-4-5-6-7-8-9-10-11-12-13-14-15-16-27-20(23)18(17-19(21)22)28(24,25)26/h18H,2-17H2,1H3,(H,21,22)(H,24,25,26). The number of carboxylic acid groups (broad SMARTS) is 1. The zero-order chi connectivity index (χ0) is 21.3. The maximum Gasteiger partial charge on any atom is 0.327 e. The number of esters is 1. The summed E-state index contributed by atoms with van der Waals surface area (Å²) >= 11 is 0. The van der Waals surface area contributed by atoms with Gasteiger partial charge in [-0.15, -0.1) is 0 Å². The van der Waals surface area contributed by atoms with E-state index in [1.807, 2.05) is 0 Å². The highest BCUT2D eigenvalue weighted by Crippen LogP contribution is 2.13. The van der Waals surface area contributed by atoms with E-state index in [1.165, 1.54) is 64.2 Å². The first-order chi connectivity index (χ1) is 13.3. The first kappa shape index (κ1) is 26.9. The molecule has 0 fully saturated rings. The monoisotopic (exact) mass is 422 g/mol. The lowest BCUT2D eigenvalue weighted by molar-refractivity contribution is -0.147. The van der Waals surface area contributed by atoms with Gasteiger partial charge in [-0.3, -0.25) is 14.1 Å². The van der Waals surface area contributed by atoms with Crippen molar-refractivity contribution in [2.45, 2.75) is 108 Å². The summed E-state index contributed by atoms with van der Waals surface area (Å²) in [6.45, 7) is 2.26. The number of ether oxygens (including phenoxy) is 1. The first-order valence-electron chi connectivity index (χ1n) is 10.6. The molecule has 1 unspecified atom stereocenters. The third-order valence-electron chi connectivity index (χ3n) is 4.72. The number of hydrogen-bond acceptors (Lipinski definition) is 5. The van der Waals surface area contributed by atoms with Crippen LogP contribution in [0, 0.1) is 0 Å². The van der Waals surface area contributed by atoms with Crippen molar-refractivity contribution in [1.82, 2.24) is 0 Å². The lowest BCUT2D eigenvalue weighted by Gasteiger charge is -2.11. The number of unbranched alkanes of at least 4 members (excludes halogenated alkanes) is 13. The minimum absolute atomic E-state index is 0.0303. The molecule has 0 aliphatic heterocycles. The van der Waals surface area contributed by atoms with Crippen molar-refractivity contribution in [2.24, 2.45) is 0 Å². The zero-order valence-electron chi connectivity index (χ0n) is 17.2. The van der Waals surface area contributed by atoms with E-state index in [1.54, 1.807) is 0 Å². The van der Waals surface area contributed by atoms with Crippen molar-refractivity contribution in [3.63, 3.8) is 0 Å². The Morgan fingerprint density at radius 1 is 0.786 bits per heavy atom. The van der Waals surface area contributed by atoms with E-state index < -0.39 is 33.7 Å². The number of aliphatic carboxylic acids is 1. The van der Waals surface area contributed by atoms with Gasteiger partial charge in [0.25, 0.3) is 10.1 Å². The minimum atomic E-state index is -4.79. The van der Waals surface area contributed by atoms with E-state index >= 15 is 0 Å². The van der Waals surface area contributed by atoms with Crippen LogP contribution in [0.15, 0.2) is 0 Å². The third kappa shape index (κ3) is 15.9. The molecule has 0 aliphatic carbocycles. The van der Waals surface area contributed by atoms with Crippen LogP contribution in [0.25, 0.3) is 0 Å². The number of carbonyl (C=O) groups excluding carboxylic acids is 1. The molecule has 0 aromatic rings. The van der Waals surface area contributed by atoms with Crippen LogP contribution < -0.4 is 0 Å². The second-order valence-electron chi connectivity index (χ2n) is 7.37. The lowest BCUT2D eigenvalue weighted by atomic mass is 10.0. The number of rotatable bonds is 19. The summed E-state index contributed by atoms with van der Waals surface area (Å²) in [7, 11) is -4.79. The van der Waals surface area contributed by atoms with Gasteiger partial charge in [-0.05, 0) is 6.42 Å². The average molecular weight is 423 g/mol. The molecule has 0 spiro atoms. The van der Waals surface area contributed by atoms with Gasteiger partial charge in [0, 0.05) is 0 Å². The molecule has 0 aliphatic rings. The van der Waals surface area contributed by atoms with Gasteiger partial charge in [0.05, 0.1) is 13.0 Å². The molecule has 0 bridgehead atoms. The molecule has 2 N–H and O–H groups in total. The lowest BCUT2D eigenvalue weighted by Crippen LogP contribution is -2.34. The summed E-state index contributed by atoms with van der Waals surface area (Å²) in [4.78, 5) is 22.2. The predicted octanol–water partition coefficient (Wildman–Crippen LogP) is 4.74. The Morgan fingerprint density at radius 2 is 1.18 bits per heavy atom. The van der Waals surface area contributed by atoms with Gasteiger partial charge < -0.3 is 9.84 Å². The maximum absolute atomic E-state index is 11.6.